The zero-order chi connectivity index (χ0) is 9.90. The average Bonchev–Trinajstić information content (AvgIpc) is 2.05. The highest BCUT2D eigenvalue weighted by Crippen LogP contribution is 2.18. The van der Waals surface area contributed by atoms with E-state index in [1.807, 2.05) is 0 Å². The van der Waals surface area contributed by atoms with Crippen molar-refractivity contribution >= 4 is 9.84 Å². The Kier molecular flexibility index (Phi) is 2.92. The quantitative estimate of drug-likeness (QED) is 0.750. The molecule has 0 amide bonds. The molecule has 0 aliphatic rings. The number of nitrogens with zero attached hydrogens (tertiary/aromatic N) is 1. The number of halogens is 2. The van der Waals surface area contributed by atoms with E-state index in [0.717, 1.165) is 0 Å². The van der Waals surface area contributed by atoms with Gasteiger partial charge in [0.15, 0.2) is 0 Å². The lowest BCUT2D eigenvalue weighted by molar-refractivity contribution is 0.353. The molecule has 13 heavy (non-hydrogen) atoms. The molecule has 1 aromatic heterocycles. The Morgan fingerprint density at radius 3 is 2.62 bits per heavy atom. The highest BCUT2D eigenvalue weighted by Gasteiger charge is 2.26. The Hall–Kier alpha value is -1.04. The van der Waals surface area contributed by atoms with Gasteiger partial charge < -0.3 is 0 Å². The van der Waals surface area contributed by atoms with E-state index in [1.54, 1.807) is 0 Å². The highest BCUT2D eigenvalue weighted by molar-refractivity contribution is 7.93. The minimum absolute atomic E-state index is 0.246. The van der Waals surface area contributed by atoms with Crippen LogP contribution >= 0.6 is 0 Å². The molecule has 0 aromatic carbocycles. The summed E-state index contributed by atoms with van der Waals surface area (Å²) in [5.74, 6) is -3.26. The van der Waals surface area contributed by atoms with E-state index in [9.17, 15) is 17.2 Å². The fraction of sp³-hybridized carbons (Fsp3) is 0.143. The minimum Gasteiger partial charge on any atom is -0.264 e. The van der Waals surface area contributed by atoms with Gasteiger partial charge in [-0.15, -0.1) is 0 Å². The summed E-state index contributed by atoms with van der Waals surface area (Å²) in [6.45, 7) is 0. The molecule has 0 aliphatic carbocycles. The van der Waals surface area contributed by atoms with E-state index in [0.29, 0.717) is 0 Å². The standard InChI is InChI=1S/C7H6F2NO2S/c8-7(9)13(11,12)5-6-2-1-3-10-4-6/h1-4H,5H2. The van der Waals surface area contributed by atoms with Gasteiger partial charge in [0.25, 0.3) is 0 Å². The van der Waals surface area contributed by atoms with E-state index in [2.05, 4.69) is 4.98 Å². The van der Waals surface area contributed by atoms with Crippen molar-refractivity contribution in [1.82, 2.24) is 4.98 Å². The van der Waals surface area contributed by atoms with Crippen LogP contribution < -0.4 is 0 Å². The first-order valence-electron chi connectivity index (χ1n) is 3.32. The molecule has 0 spiro atoms. The molecule has 0 N–H and O–H groups in total. The maximum absolute atomic E-state index is 11.8. The van der Waals surface area contributed by atoms with Crippen molar-refractivity contribution in [1.29, 1.82) is 0 Å². The van der Waals surface area contributed by atoms with Gasteiger partial charge in [-0.2, -0.15) is 8.78 Å². The average molecular weight is 206 g/mol. The van der Waals surface area contributed by atoms with Crippen LogP contribution in [0.15, 0.2) is 24.5 Å². The van der Waals surface area contributed by atoms with Gasteiger partial charge in [0.1, 0.15) is 0 Å². The number of sulfone groups is 1. The third-order valence-electron chi connectivity index (χ3n) is 1.31. The number of hydrogen-bond acceptors (Lipinski definition) is 3. The highest BCUT2D eigenvalue weighted by atomic mass is 32.2. The van der Waals surface area contributed by atoms with Crippen LogP contribution in [-0.2, 0) is 15.6 Å². The van der Waals surface area contributed by atoms with Gasteiger partial charge >= 0.3 is 5.76 Å². The first kappa shape index (κ1) is 10.0. The molecule has 0 atom stereocenters. The van der Waals surface area contributed by atoms with Crippen molar-refractivity contribution in [2.75, 3.05) is 0 Å². The van der Waals surface area contributed by atoms with Gasteiger partial charge in [-0.05, 0) is 11.6 Å². The minimum atomic E-state index is -4.41. The largest absolute Gasteiger partial charge is 0.422 e. The van der Waals surface area contributed by atoms with Crippen LogP contribution in [0, 0.1) is 5.76 Å². The number of hydrogen-bond donors (Lipinski definition) is 0. The van der Waals surface area contributed by atoms with Crippen LogP contribution in [0.3, 0.4) is 0 Å². The maximum atomic E-state index is 11.8. The Morgan fingerprint density at radius 1 is 1.46 bits per heavy atom. The Bertz CT molecular complexity index is 363. The summed E-state index contributed by atoms with van der Waals surface area (Å²) < 4.78 is 45.0. The molecule has 0 saturated heterocycles. The summed E-state index contributed by atoms with van der Waals surface area (Å²) in [7, 11) is -4.41. The third kappa shape index (κ3) is 2.73. The molecule has 0 fully saturated rings. The molecule has 1 heterocycles. The van der Waals surface area contributed by atoms with Crippen LogP contribution in [-0.4, -0.2) is 13.4 Å². The monoisotopic (exact) mass is 206 g/mol. The topological polar surface area (TPSA) is 47.0 Å². The number of aromatic nitrogens is 1. The normalized spacial score (nSPS) is 11.9. The smallest absolute Gasteiger partial charge is 0.264 e. The summed E-state index contributed by atoms with van der Waals surface area (Å²) in [4.78, 5) is 3.61. The first-order valence-corrected chi connectivity index (χ1v) is 4.97. The zero-order valence-electron chi connectivity index (χ0n) is 6.44. The van der Waals surface area contributed by atoms with E-state index in [4.69, 9.17) is 0 Å². The van der Waals surface area contributed by atoms with Crippen molar-refractivity contribution in [2.24, 2.45) is 0 Å². The lowest BCUT2D eigenvalue weighted by atomic mass is 10.3. The van der Waals surface area contributed by atoms with Gasteiger partial charge in [0.2, 0.25) is 9.84 Å². The van der Waals surface area contributed by atoms with Crippen molar-refractivity contribution in [2.45, 2.75) is 5.75 Å². The predicted octanol–water partition coefficient (Wildman–Crippen LogP) is 1.38. The summed E-state index contributed by atoms with van der Waals surface area (Å²) in [6, 6.07) is 2.91. The van der Waals surface area contributed by atoms with Gasteiger partial charge in [-0.1, -0.05) is 6.07 Å². The SMILES string of the molecule is O=S(=O)(Cc1cccnc1)[C](F)F. The second-order valence-electron chi connectivity index (χ2n) is 2.35. The van der Waals surface area contributed by atoms with Gasteiger partial charge in [0.05, 0.1) is 5.75 Å². The fourth-order valence-electron chi connectivity index (χ4n) is 0.757. The summed E-state index contributed by atoms with van der Waals surface area (Å²) in [5.41, 5.74) is 0.246. The second kappa shape index (κ2) is 3.78. The van der Waals surface area contributed by atoms with Crippen LogP contribution in [0.2, 0.25) is 0 Å². The molecule has 1 aromatic rings. The maximum Gasteiger partial charge on any atom is 0.422 e. The Balaban J connectivity index is 2.82. The molecule has 1 rings (SSSR count). The number of rotatable bonds is 3. The van der Waals surface area contributed by atoms with E-state index < -0.39 is 21.3 Å². The van der Waals surface area contributed by atoms with E-state index in [-0.39, 0.29) is 5.56 Å². The van der Waals surface area contributed by atoms with Crippen LogP contribution in [0.4, 0.5) is 8.78 Å². The van der Waals surface area contributed by atoms with E-state index >= 15 is 0 Å². The number of pyridine rings is 1. The fourth-order valence-corrected chi connectivity index (χ4v) is 1.48. The molecular formula is C7H6F2NO2S. The van der Waals surface area contributed by atoms with Crippen molar-refractivity contribution in [3.8, 4) is 0 Å². The molecule has 0 saturated carbocycles. The lowest BCUT2D eigenvalue weighted by Gasteiger charge is -1.99. The van der Waals surface area contributed by atoms with Gasteiger partial charge in [0, 0.05) is 12.4 Å². The van der Waals surface area contributed by atoms with Crippen molar-refractivity contribution in [3.05, 3.63) is 35.8 Å². The van der Waals surface area contributed by atoms with Crippen molar-refractivity contribution < 1.29 is 17.2 Å². The molecule has 1 radical (unpaired) electrons. The van der Waals surface area contributed by atoms with Gasteiger partial charge in [-0.25, -0.2) is 8.42 Å². The molecule has 0 bridgehead atoms. The molecule has 3 nitrogen and oxygen atoms in total. The molecule has 6 heteroatoms. The van der Waals surface area contributed by atoms with Crippen LogP contribution in [0.5, 0.6) is 0 Å². The predicted molar refractivity (Wildman–Crippen MR) is 42.3 cm³/mol. The first-order chi connectivity index (χ1) is 6.02. The summed E-state index contributed by atoms with van der Waals surface area (Å²) in [6.07, 6.45) is 2.67. The third-order valence-corrected chi connectivity index (χ3v) is 2.50. The molecule has 71 valence electrons. The summed E-state index contributed by atoms with van der Waals surface area (Å²) in [5, 5.41) is 0. The van der Waals surface area contributed by atoms with Crippen LogP contribution in [0.1, 0.15) is 5.56 Å². The summed E-state index contributed by atoms with van der Waals surface area (Å²) >= 11 is 0. The molecule has 0 unspecified atom stereocenters. The zero-order valence-corrected chi connectivity index (χ0v) is 7.26. The van der Waals surface area contributed by atoms with E-state index in [1.165, 1.54) is 24.5 Å². The second-order valence-corrected chi connectivity index (χ2v) is 4.17. The van der Waals surface area contributed by atoms with Crippen LogP contribution in [0.25, 0.3) is 0 Å². The lowest BCUT2D eigenvalue weighted by Crippen LogP contribution is -2.07. The molecule has 0 aliphatic heterocycles. The Labute approximate surface area is 74.3 Å². The molecular weight excluding hydrogens is 200 g/mol. The Morgan fingerprint density at radius 2 is 2.15 bits per heavy atom. The van der Waals surface area contributed by atoms with Gasteiger partial charge in [-0.3, -0.25) is 4.98 Å². The van der Waals surface area contributed by atoms with Crippen molar-refractivity contribution in [3.63, 3.8) is 0 Å².